The highest BCUT2D eigenvalue weighted by Crippen LogP contribution is 1.92. The van der Waals surface area contributed by atoms with Crippen LogP contribution in [0, 0.1) is 0 Å². The first kappa shape index (κ1) is 9.14. The Balaban J connectivity index is 2.60. The molecule has 0 bridgehead atoms. The normalized spacial score (nSPS) is 11.3. The van der Waals surface area contributed by atoms with Crippen LogP contribution in [0.25, 0.3) is 0 Å². The van der Waals surface area contributed by atoms with Crippen molar-refractivity contribution in [1.29, 1.82) is 0 Å². The zero-order chi connectivity index (χ0) is 6.95. The van der Waals surface area contributed by atoms with Gasteiger partial charge < -0.3 is 10.2 Å². The molecule has 0 rings (SSSR count). The molecule has 0 spiro atoms. The van der Waals surface area contributed by atoms with Gasteiger partial charge in [0.1, 0.15) is 0 Å². The summed E-state index contributed by atoms with van der Waals surface area (Å²) in [5.74, 6) is 0. The number of nitrogens with two attached hydrogens (primary N) is 1. The van der Waals surface area contributed by atoms with Gasteiger partial charge in [0.25, 0.3) is 0 Å². The summed E-state index contributed by atoms with van der Waals surface area (Å²) in [5, 5.41) is 0. The fourth-order valence-electron chi connectivity index (χ4n) is 0.670. The van der Waals surface area contributed by atoms with E-state index in [9.17, 15) is 0 Å². The minimum atomic E-state index is -0.165. The van der Waals surface area contributed by atoms with E-state index < -0.39 is 0 Å². The number of unbranched alkanes of at least 4 members (excludes halogenated alkanes) is 1. The average molecular weight is 147 g/mol. The van der Waals surface area contributed by atoms with Gasteiger partial charge in [-0.1, -0.05) is 6.42 Å². The van der Waals surface area contributed by atoms with Gasteiger partial charge >= 0.3 is 0 Å². The molecular weight excluding hydrogens is 130 g/mol. The van der Waals surface area contributed by atoms with E-state index in [1.54, 1.807) is 0 Å². The van der Waals surface area contributed by atoms with Gasteiger partial charge in [-0.15, -0.1) is 0 Å². The Labute approximate surface area is 59.7 Å². The molecule has 0 fully saturated rings. The molecule has 0 aliphatic heterocycles. The number of hydrogen-bond acceptors (Lipinski definition) is 2. The van der Waals surface area contributed by atoms with Crippen LogP contribution in [-0.2, 0) is 4.43 Å². The molecule has 2 nitrogen and oxygen atoms in total. The lowest BCUT2D eigenvalue weighted by Crippen LogP contribution is -2.01. The Kier molecular flexibility index (Phi) is 8.26. The molecule has 0 aliphatic rings. The minimum Gasteiger partial charge on any atom is -0.424 e. The molecule has 0 aromatic rings. The highest BCUT2D eigenvalue weighted by atomic mass is 28.2. The molecule has 0 unspecified atom stereocenters. The highest BCUT2D eigenvalue weighted by Gasteiger charge is 1.86. The van der Waals surface area contributed by atoms with Crippen LogP contribution in [0.4, 0.5) is 0 Å². The maximum Gasteiger partial charge on any atom is 0.161 e. The molecule has 0 aromatic heterocycles. The van der Waals surface area contributed by atoms with Gasteiger partial charge in [-0.2, -0.15) is 0 Å². The molecule has 9 heavy (non-hydrogen) atoms. The van der Waals surface area contributed by atoms with Gasteiger partial charge in [0.15, 0.2) is 9.76 Å². The van der Waals surface area contributed by atoms with Gasteiger partial charge in [0.2, 0.25) is 0 Å². The summed E-state index contributed by atoms with van der Waals surface area (Å²) in [6.45, 7) is 3.78. The largest absolute Gasteiger partial charge is 0.424 e. The minimum absolute atomic E-state index is 0.165. The summed E-state index contributed by atoms with van der Waals surface area (Å²) in [7, 11) is -0.165. The molecule has 0 heterocycles. The van der Waals surface area contributed by atoms with Crippen molar-refractivity contribution in [1.82, 2.24) is 0 Å². The second kappa shape index (κ2) is 8.14. The monoisotopic (exact) mass is 147 g/mol. The summed E-state index contributed by atoms with van der Waals surface area (Å²) in [4.78, 5) is 0. The van der Waals surface area contributed by atoms with Crippen molar-refractivity contribution < 1.29 is 4.43 Å². The molecule has 0 aromatic carbocycles. The Morgan fingerprint density at radius 2 is 2.22 bits per heavy atom. The van der Waals surface area contributed by atoms with Crippen LogP contribution < -0.4 is 5.73 Å². The fraction of sp³-hybridized carbons (Fsp3) is 1.00. The first-order valence-corrected chi connectivity index (χ1v) is 5.27. The highest BCUT2D eigenvalue weighted by molar-refractivity contribution is 6.26. The lowest BCUT2D eigenvalue weighted by atomic mass is 10.3. The van der Waals surface area contributed by atoms with Crippen LogP contribution in [0.1, 0.15) is 19.8 Å². The third kappa shape index (κ3) is 8.14. The maximum atomic E-state index is 5.32. The Morgan fingerprint density at radius 3 is 2.78 bits per heavy atom. The number of rotatable bonds is 6. The van der Waals surface area contributed by atoms with E-state index in [0.717, 1.165) is 13.2 Å². The lowest BCUT2D eigenvalue weighted by molar-refractivity contribution is 0.359. The molecule has 0 radical (unpaired) electrons. The molecule has 0 saturated carbocycles. The lowest BCUT2D eigenvalue weighted by Gasteiger charge is -1.97. The Bertz CT molecular complexity index is 46.3. The number of hydrogen-bond donors (Lipinski definition) is 1. The van der Waals surface area contributed by atoms with Crippen LogP contribution in [0.5, 0.6) is 0 Å². The van der Waals surface area contributed by atoms with Crippen molar-refractivity contribution in [3.05, 3.63) is 0 Å². The van der Waals surface area contributed by atoms with Crippen molar-refractivity contribution in [2.45, 2.75) is 25.8 Å². The molecule has 56 valence electrons. The van der Waals surface area contributed by atoms with E-state index in [0.29, 0.717) is 0 Å². The molecule has 0 saturated heterocycles. The summed E-state index contributed by atoms with van der Waals surface area (Å²) in [6.07, 6.45) is 2.43. The van der Waals surface area contributed by atoms with E-state index in [1.807, 2.05) is 0 Å². The summed E-state index contributed by atoms with van der Waals surface area (Å²) >= 11 is 0. The van der Waals surface area contributed by atoms with Gasteiger partial charge in [-0.25, -0.2) is 0 Å². The van der Waals surface area contributed by atoms with Crippen LogP contribution in [-0.4, -0.2) is 22.9 Å². The summed E-state index contributed by atoms with van der Waals surface area (Å²) < 4.78 is 5.28. The van der Waals surface area contributed by atoms with Gasteiger partial charge in [0, 0.05) is 6.61 Å². The third-order valence-corrected chi connectivity index (χ3v) is 2.68. The fourth-order valence-corrected chi connectivity index (χ4v) is 1.72. The predicted molar refractivity (Wildman–Crippen MR) is 43.3 cm³/mol. The van der Waals surface area contributed by atoms with Gasteiger partial charge in [-0.05, 0) is 25.9 Å². The van der Waals surface area contributed by atoms with Crippen LogP contribution in [0.3, 0.4) is 0 Å². The van der Waals surface area contributed by atoms with E-state index in [2.05, 4.69) is 6.92 Å². The molecule has 0 amide bonds. The van der Waals surface area contributed by atoms with E-state index >= 15 is 0 Å². The van der Waals surface area contributed by atoms with Crippen molar-refractivity contribution in [3.8, 4) is 0 Å². The van der Waals surface area contributed by atoms with Gasteiger partial charge in [-0.3, -0.25) is 0 Å². The van der Waals surface area contributed by atoms with Crippen LogP contribution >= 0.6 is 0 Å². The van der Waals surface area contributed by atoms with E-state index in [1.165, 1.54) is 18.9 Å². The molecule has 0 aliphatic carbocycles. The molecular formula is C6H17NOSi. The van der Waals surface area contributed by atoms with Crippen molar-refractivity contribution >= 4 is 9.76 Å². The van der Waals surface area contributed by atoms with Crippen molar-refractivity contribution in [2.24, 2.45) is 5.73 Å². The Hall–Kier alpha value is 0.137. The van der Waals surface area contributed by atoms with Gasteiger partial charge in [0.05, 0.1) is 0 Å². The molecule has 2 N–H and O–H groups in total. The zero-order valence-corrected chi connectivity index (χ0v) is 7.64. The third-order valence-electron chi connectivity index (χ3n) is 1.20. The van der Waals surface area contributed by atoms with Crippen LogP contribution in [0.2, 0.25) is 6.04 Å². The zero-order valence-electron chi connectivity index (χ0n) is 6.23. The topological polar surface area (TPSA) is 35.2 Å². The van der Waals surface area contributed by atoms with Crippen molar-refractivity contribution in [2.75, 3.05) is 13.2 Å². The first-order valence-electron chi connectivity index (χ1n) is 3.69. The first-order chi connectivity index (χ1) is 4.41. The SMILES string of the molecule is CCO[SiH2]CCCCN. The van der Waals surface area contributed by atoms with E-state index in [-0.39, 0.29) is 9.76 Å². The average Bonchev–Trinajstić information content (AvgIpc) is 1.89. The predicted octanol–water partition coefficient (Wildman–Crippen LogP) is 0.264. The smallest absolute Gasteiger partial charge is 0.161 e. The summed E-state index contributed by atoms with van der Waals surface area (Å²) in [5.41, 5.74) is 5.32. The maximum absolute atomic E-state index is 5.32. The molecule has 3 heteroatoms. The summed E-state index contributed by atoms with van der Waals surface area (Å²) in [6, 6.07) is 1.30. The van der Waals surface area contributed by atoms with Crippen molar-refractivity contribution in [3.63, 3.8) is 0 Å². The standard InChI is InChI=1S/C6H17NOSi/c1-2-8-9-6-4-3-5-7/h2-7,9H2,1H3. The molecule has 0 atom stereocenters. The second-order valence-electron chi connectivity index (χ2n) is 2.05. The van der Waals surface area contributed by atoms with E-state index in [4.69, 9.17) is 10.2 Å². The second-order valence-corrected chi connectivity index (χ2v) is 3.57. The van der Waals surface area contributed by atoms with Crippen LogP contribution in [0.15, 0.2) is 0 Å². The Morgan fingerprint density at radius 1 is 1.44 bits per heavy atom. The quantitative estimate of drug-likeness (QED) is 0.432.